The molecule has 0 aliphatic rings. The highest BCUT2D eigenvalue weighted by Gasteiger charge is 2.26. The Morgan fingerprint density at radius 1 is 0.636 bits per heavy atom. The molecule has 0 heterocycles. The first-order valence-electron chi connectivity index (χ1n) is 14.1. The van der Waals surface area contributed by atoms with Gasteiger partial charge in [-0.05, 0) is 95.2 Å². The molecule has 0 saturated carbocycles. The molecule has 4 N–H and O–H groups in total. The highest BCUT2D eigenvalue weighted by Crippen LogP contribution is 2.49. The highest BCUT2D eigenvalue weighted by molar-refractivity contribution is 8.77. The second-order valence-electron chi connectivity index (χ2n) is 13.0. The largest absolute Gasteiger partial charge is 0.507 e. The minimum absolute atomic E-state index is 0.0366. The van der Waals surface area contributed by atoms with Gasteiger partial charge >= 0.3 is 11.9 Å². The standard InChI is InChI=1S/C34H42O6S4/c1-17-13-25(33(5,6)7)27(35)19(3)23(17)15-41-43-29-21(31(37)38)11-12-22(32(39)40)30(29)44-42-16-24-18(2)14-26(34(8,9)10)28(36)20(24)4/h11-14,35-36H,15-16H2,1-10H3,(H,37,38)(H,39,40). The van der Waals surface area contributed by atoms with Crippen LogP contribution in [-0.2, 0) is 22.3 Å². The van der Waals surface area contributed by atoms with E-state index in [0.29, 0.717) is 21.3 Å². The van der Waals surface area contributed by atoms with Crippen LogP contribution in [0.4, 0.5) is 0 Å². The highest BCUT2D eigenvalue weighted by atomic mass is 33.1. The molecule has 0 spiro atoms. The van der Waals surface area contributed by atoms with Gasteiger partial charge in [-0.25, -0.2) is 9.59 Å². The van der Waals surface area contributed by atoms with E-state index in [9.17, 15) is 30.0 Å². The molecule has 3 rings (SSSR count). The molecule has 0 amide bonds. The van der Waals surface area contributed by atoms with Gasteiger partial charge in [0.15, 0.2) is 0 Å². The van der Waals surface area contributed by atoms with Crippen LogP contribution in [0.25, 0.3) is 0 Å². The molecule has 0 atom stereocenters. The third-order valence-corrected chi connectivity index (χ3v) is 12.5. The number of carbonyl (C=O) groups is 2. The lowest BCUT2D eigenvalue weighted by Gasteiger charge is -2.24. The predicted molar refractivity (Wildman–Crippen MR) is 187 cm³/mol. The maximum atomic E-state index is 12.3. The van der Waals surface area contributed by atoms with Crippen molar-refractivity contribution in [3.05, 3.63) is 79.9 Å². The van der Waals surface area contributed by atoms with Crippen molar-refractivity contribution in [2.24, 2.45) is 0 Å². The fraction of sp³-hybridized carbons (Fsp3) is 0.412. The van der Waals surface area contributed by atoms with E-state index in [1.807, 2.05) is 39.8 Å². The number of phenols is 2. The Hall–Kier alpha value is -2.40. The Labute approximate surface area is 276 Å². The minimum atomic E-state index is -1.13. The van der Waals surface area contributed by atoms with Crippen LogP contribution < -0.4 is 0 Å². The van der Waals surface area contributed by atoms with Gasteiger partial charge in [-0.2, -0.15) is 0 Å². The van der Waals surface area contributed by atoms with Gasteiger partial charge in [-0.1, -0.05) is 96.9 Å². The lowest BCUT2D eigenvalue weighted by molar-refractivity contribution is 0.0674. The van der Waals surface area contributed by atoms with E-state index in [4.69, 9.17) is 0 Å². The van der Waals surface area contributed by atoms with E-state index in [-0.39, 0.29) is 33.5 Å². The molecule has 0 unspecified atom stereocenters. The molecule has 44 heavy (non-hydrogen) atoms. The van der Waals surface area contributed by atoms with E-state index >= 15 is 0 Å². The van der Waals surface area contributed by atoms with Gasteiger partial charge in [0.2, 0.25) is 0 Å². The molecule has 3 aromatic carbocycles. The van der Waals surface area contributed by atoms with Crippen molar-refractivity contribution < 1.29 is 30.0 Å². The quantitative estimate of drug-likeness (QED) is 0.155. The van der Waals surface area contributed by atoms with Gasteiger partial charge in [-0.3, -0.25) is 0 Å². The van der Waals surface area contributed by atoms with Gasteiger partial charge in [0.05, 0.1) is 11.1 Å². The summed E-state index contributed by atoms with van der Waals surface area (Å²) in [7, 11) is 5.30. The second kappa shape index (κ2) is 13.9. The van der Waals surface area contributed by atoms with Crippen molar-refractivity contribution in [3.8, 4) is 11.5 Å². The molecule has 0 aromatic heterocycles. The van der Waals surface area contributed by atoms with Crippen LogP contribution in [0, 0.1) is 27.7 Å². The Bertz CT molecular complexity index is 1480. The smallest absolute Gasteiger partial charge is 0.336 e. The number of hydrogen-bond acceptors (Lipinski definition) is 8. The van der Waals surface area contributed by atoms with Crippen LogP contribution >= 0.6 is 43.2 Å². The number of rotatable bonds is 10. The lowest BCUT2D eigenvalue weighted by Crippen LogP contribution is -2.13. The summed E-state index contributed by atoms with van der Waals surface area (Å²) in [6.45, 7) is 20.1. The monoisotopic (exact) mass is 674 g/mol. The van der Waals surface area contributed by atoms with Gasteiger partial charge < -0.3 is 20.4 Å². The molecule has 0 bridgehead atoms. The molecule has 0 saturated heterocycles. The molecule has 10 heteroatoms. The first-order chi connectivity index (χ1) is 20.3. The third kappa shape index (κ3) is 7.87. The van der Waals surface area contributed by atoms with Gasteiger partial charge in [0.1, 0.15) is 11.5 Å². The summed E-state index contributed by atoms with van der Waals surface area (Å²) in [6.07, 6.45) is 0. The van der Waals surface area contributed by atoms with Crippen molar-refractivity contribution in [1.82, 2.24) is 0 Å². The van der Waals surface area contributed by atoms with E-state index in [2.05, 4.69) is 41.5 Å². The molecule has 0 fully saturated rings. The lowest BCUT2D eigenvalue weighted by atomic mass is 9.83. The maximum absolute atomic E-state index is 12.3. The Balaban J connectivity index is 1.94. The molecule has 0 aliphatic heterocycles. The molecule has 6 nitrogen and oxygen atoms in total. The number of hydrogen-bond donors (Lipinski definition) is 4. The van der Waals surface area contributed by atoms with E-state index in [1.54, 1.807) is 0 Å². The Morgan fingerprint density at radius 3 is 1.23 bits per heavy atom. The topological polar surface area (TPSA) is 115 Å². The van der Waals surface area contributed by atoms with Crippen molar-refractivity contribution >= 4 is 55.1 Å². The maximum Gasteiger partial charge on any atom is 0.336 e. The van der Waals surface area contributed by atoms with E-state index in [0.717, 1.165) is 44.5 Å². The molecule has 0 aliphatic carbocycles. The van der Waals surface area contributed by atoms with Crippen LogP contribution in [0.5, 0.6) is 11.5 Å². The molecule has 0 radical (unpaired) electrons. The van der Waals surface area contributed by atoms with Gasteiger partial charge in [0, 0.05) is 21.3 Å². The number of benzene rings is 3. The number of carboxylic acid groups (broad SMARTS) is 2. The van der Waals surface area contributed by atoms with Crippen LogP contribution in [-0.4, -0.2) is 32.4 Å². The second-order valence-corrected chi connectivity index (χ2v) is 17.6. The van der Waals surface area contributed by atoms with Crippen molar-refractivity contribution in [1.29, 1.82) is 0 Å². The summed E-state index contributed by atoms with van der Waals surface area (Å²) in [6, 6.07) is 6.71. The summed E-state index contributed by atoms with van der Waals surface area (Å²) in [5, 5.41) is 41.9. The molecule has 3 aromatic rings. The van der Waals surface area contributed by atoms with Crippen LogP contribution in [0.2, 0.25) is 0 Å². The zero-order chi connectivity index (χ0) is 33.3. The van der Waals surface area contributed by atoms with E-state index < -0.39 is 11.9 Å². The van der Waals surface area contributed by atoms with E-state index in [1.165, 1.54) is 55.3 Å². The normalized spacial score (nSPS) is 12.0. The summed E-state index contributed by atoms with van der Waals surface area (Å²) in [5.41, 5.74) is 6.96. The fourth-order valence-electron chi connectivity index (χ4n) is 4.97. The third-order valence-electron chi connectivity index (χ3n) is 7.68. The zero-order valence-corrected chi connectivity index (χ0v) is 30.2. The molecular formula is C34H42O6S4. The summed E-state index contributed by atoms with van der Waals surface area (Å²) >= 11 is 0. The van der Waals surface area contributed by atoms with Crippen molar-refractivity contribution in [2.75, 3.05) is 0 Å². The zero-order valence-electron chi connectivity index (χ0n) is 27.0. The van der Waals surface area contributed by atoms with Crippen LogP contribution in [0.15, 0.2) is 34.1 Å². The number of aromatic carboxylic acids is 2. The molecular weight excluding hydrogens is 633 g/mol. The first-order valence-corrected chi connectivity index (χ1v) is 18.8. The van der Waals surface area contributed by atoms with Crippen LogP contribution in [0.3, 0.4) is 0 Å². The summed E-state index contributed by atoms with van der Waals surface area (Å²) < 4.78 is 0. The summed E-state index contributed by atoms with van der Waals surface area (Å²) in [5.74, 6) is -0.751. The number of aryl methyl sites for hydroxylation is 2. The van der Waals surface area contributed by atoms with Crippen molar-refractivity contribution in [3.63, 3.8) is 0 Å². The summed E-state index contributed by atoms with van der Waals surface area (Å²) in [4.78, 5) is 25.3. The average Bonchev–Trinajstić information content (AvgIpc) is 2.90. The SMILES string of the molecule is Cc1cc(C(C)(C)C)c(O)c(C)c1CSSc1c(C(=O)O)ccc(C(=O)O)c1SSCc1c(C)cc(C(C)(C)C)c(O)c1C. The van der Waals surface area contributed by atoms with Gasteiger partial charge in [0.25, 0.3) is 0 Å². The first kappa shape index (κ1) is 36.1. The fourth-order valence-corrected chi connectivity index (χ4v) is 10.7. The predicted octanol–water partition coefficient (Wildman–Crippen LogP) is 10.2. The number of aromatic hydroxyl groups is 2. The van der Waals surface area contributed by atoms with Crippen LogP contribution in [0.1, 0.15) is 107 Å². The van der Waals surface area contributed by atoms with Crippen molar-refractivity contribution in [2.45, 2.75) is 101 Å². The van der Waals surface area contributed by atoms with Gasteiger partial charge in [-0.15, -0.1) is 0 Å². The Morgan fingerprint density at radius 2 is 0.955 bits per heavy atom. The minimum Gasteiger partial charge on any atom is -0.507 e. The Kier molecular flexibility index (Phi) is 11.4. The molecule has 238 valence electrons. The number of phenolic OH excluding ortho intramolecular Hbond substituents is 2. The number of carboxylic acids is 2. The average molecular weight is 675 g/mol.